The number of carbonyl (C=O) groups is 1. The standard InChI is InChI=1S/C11H12N2O7S/c14-11(15)12-6-5-9(7-12)20-21(18,19)10-3-1-8(2-4-10)13(16)17/h1-4,9H,5-7H2,(H,14,15)/t9-/m0/s1. The lowest BCUT2D eigenvalue weighted by atomic mass is 10.3. The Morgan fingerprint density at radius 2 is 2.00 bits per heavy atom. The van der Waals surface area contributed by atoms with Crippen LogP contribution in [0.25, 0.3) is 0 Å². The summed E-state index contributed by atoms with van der Waals surface area (Å²) in [6, 6.07) is 4.29. The van der Waals surface area contributed by atoms with Crippen LogP contribution >= 0.6 is 0 Å². The number of benzene rings is 1. The summed E-state index contributed by atoms with van der Waals surface area (Å²) >= 11 is 0. The van der Waals surface area contributed by atoms with Crippen LogP contribution in [0.15, 0.2) is 29.2 Å². The molecule has 1 aromatic carbocycles. The normalized spacial score (nSPS) is 18.7. The van der Waals surface area contributed by atoms with Gasteiger partial charge in [-0.2, -0.15) is 8.42 Å². The lowest BCUT2D eigenvalue weighted by Gasteiger charge is -2.13. The molecule has 9 nitrogen and oxygen atoms in total. The van der Waals surface area contributed by atoms with Gasteiger partial charge in [-0.3, -0.25) is 14.3 Å². The Hall–Kier alpha value is -2.20. The van der Waals surface area contributed by atoms with E-state index in [1.807, 2.05) is 0 Å². The number of nitro benzene ring substituents is 1. The van der Waals surface area contributed by atoms with Crippen molar-refractivity contribution >= 4 is 21.9 Å². The van der Waals surface area contributed by atoms with E-state index in [9.17, 15) is 23.3 Å². The smallest absolute Gasteiger partial charge is 0.407 e. The summed E-state index contributed by atoms with van der Waals surface area (Å²) in [5.74, 6) is 0. The van der Waals surface area contributed by atoms with Gasteiger partial charge in [-0.1, -0.05) is 0 Å². The first-order valence-electron chi connectivity index (χ1n) is 5.95. The molecule has 1 amide bonds. The second kappa shape index (κ2) is 5.66. The number of rotatable bonds is 4. The largest absolute Gasteiger partial charge is 0.465 e. The highest BCUT2D eigenvalue weighted by Crippen LogP contribution is 2.22. The van der Waals surface area contributed by atoms with Crippen LogP contribution < -0.4 is 0 Å². The van der Waals surface area contributed by atoms with E-state index in [-0.39, 0.29) is 30.1 Å². The van der Waals surface area contributed by atoms with E-state index in [0.717, 1.165) is 29.2 Å². The number of nitro groups is 1. The fourth-order valence-electron chi connectivity index (χ4n) is 1.95. The summed E-state index contributed by atoms with van der Waals surface area (Å²) in [5.41, 5.74) is -0.230. The summed E-state index contributed by atoms with van der Waals surface area (Å²) in [6.45, 7) is 0.178. The Bertz CT molecular complexity index is 656. The molecule has 0 aromatic heterocycles. The molecule has 0 spiro atoms. The van der Waals surface area contributed by atoms with Gasteiger partial charge in [0.2, 0.25) is 0 Å². The monoisotopic (exact) mass is 316 g/mol. The Morgan fingerprint density at radius 3 is 2.48 bits per heavy atom. The van der Waals surface area contributed by atoms with Crippen molar-refractivity contribution in [2.45, 2.75) is 17.4 Å². The van der Waals surface area contributed by atoms with Crippen LogP contribution in [0.3, 0.4) is 0 Å². The van der Waals surface area contributed by atoms with Crippen LogP contribution in [0, 0.1) is 10.1 Å². The SMILES string of the molecule is O=C(O)N1CC[C@H](OS(=O)(=O)c2ccc([N+](=O)[O-])cc2)C1. The van der Waals surface area contributed by atoms with E-state index in [0.29, 0.717) is 0 Å². The van der Waals surface area contributed by atoms with Gasteiger partial charge in [-0.25, -0.2) is 4.79 Å². The van der Waals surface area contributed by atoms with Crippen LogP contribution in [0.4, 0.5) is 10.5 Å². The maximum absolute atomic E-state index is 12.0. The zero-order chi connectivity index (χ0) is 15.6. The van der Waals surface area contributed by atoms with Gasteiger partial charge in [0, 0.05) is 18.7 Å². The molecule has 1 atom stereocenters. The van der Waals surface area contributed by atoms with Crippen LogP contribution in [0.5, 0.6) is 0 Å². The molecule has 21 heavy (non-hydrogen) atoms. The maximum atomic E-state index is 12.0. The summed E-state index contributed by atoms with van der Waals surface area (Å²) in [6.07, 6.45) is -1.60. The van der Waals surface area contributed by atoms with E-state index in [4.69, 9.17) is 9.29 Å². The number of carboxylic acid groups (broad SMARTS) is 1. The molecule has 1 aliphatic rings. The number of hydrogen-bond donors (Lipinski definition) is 1. The number of nitrogens with zero attached hydrogens (tertiary/aromatic N) is 2. The molecule has 1 aliphatic heterocycles. The molecular formula is C11H12N2O7S. The van der Waals surface area contributed by atoms with E-state index >= 15 is 0 Å². The third kappa shape index (κ3) is 3.47. The molecular weight excluding hydrogens is 304 g/mol. The average Bonchev–Trinajstić information content (AvgIpc) is 2.87. The van der Waals surface area contributed by atoms with Crippen molar-refractivity contribution in [2.24, 2.45) is 0 Å². The highest BCUT2D eigenvalue weighted by atomic mass is 32.2. The van der Waals surface area contributed by atoms with Crippen molar-refractivity contribution in [3.8, 4) is 0 Å². The molecule has 0 bridgehead atoms. The zero-order valence-electron chi connectivity index (χ0n) is 10.7. The summed E-state index contributed by atoms with van der Waals surface area (Å²) in [4.78, 5) is 21.5. The van der Waals surface area contributed by atoms with E-state index in [1.165, 1.54) is 0 Å². The predicted octanol–water partition coefficient (Wildman–Crippen LogP) is 1.05. The Kier molecular flexibility index (Phi) is 4.09. The van der Waals surface area contributed by atoms with Crippen molar-refractivity contribution in [1.82, 2.24) is 4.90 Å². The van der Waals surface area contributed by atoms with Crippen LogP contribution in [0.2, 0.25) is 0 Å². The van der Waals surface area contributed by atoms with Gasteiger partial charge in [0.15, 0.2) is 0 Å². The molecule has 1 heterocycles. The molecule has 1 fully saturated rings. The molecule has 0 radical (unpaired) electrons. The minimum absolute atomic E-state index is 0.0262. The molecule has 0 unspecified atom stereocenters. The highest BCUT2D eigenvalue weighted by molar-refractivity contribution is 7.86. The lowest BCUT2D eigenvalue weighted by Crippen LogP contribution is -2.29. The Labute approximate surface area is 120 Å². The van der Waals surface area contributed by atoms with Crippen molar-refractivity contribution in [3.63, 3.8) is 0 Å². The van der Waals surface area contributed by atoms with E-state index in [2.05, 4.69) is 0 Å². The third-order valence-electron chi connectivity index (χ3n) is 3.01. The van der Waals surface area contributed by atoms with E-state index in [1.54, 1.807) is 0 Å². The number of non-ortho nitro benzene ring substituents is 1. The Balaban J connectivity index is 2.08. The van der Waals surface area contributed by atoms with Crippen molar-refractivity contribution in [1.29, 1.82) is 0 Å². The summed E-state index contributed by atoms with van der Waals surface area (Å²) in [5, 5.41) is 19.3. The first-order valence-corrected chi connectivity index (χ1v) is 7.36. The second-order valence-corrected chi connectivity index (χ2v) is 6.01. The maximum Gasteiger partial charge on any atom is 0.407 e. The molecule has 1 aromatic rings. The van der Waals surface area contributed by atoms with Crippen molar-refractivity contribution in [2.75, 3.05) is 13.1 Å². The molecule has 0 saturated carbocycles. The van der Waals surface area contributed by atoms with E-state index < -0.39 is 27.2 Å². The van der Waals surface area contributed by atoms with Crippen LogP contribution in [0.1, 0.15) is 6.42 Å². The highest BCUT2D eigenvalue weighted by Gasteiger charge is 2.31. The minimum Gasteiger partial charge on any atom is -0.465 e. The fraction of sp³-hybridized carbons (Fsp3) is 0.364. The van der Waals surface area contributed by atoms with Gasteiger partial charge < -0.3 is 10.0 Å². The molecule has 10 heteroatoms. The molecule has 114 valence electrons. The lowest BCUT2D eigenvalue weighted by molar-refractivity contribution is -0.384. The summed E-state index contributed by atoms with van der Waals surface area (Å²) < 4.78 is 28.9. The minimum atomic E-state index is -4.08. The van der Waals surface area contributed by atoms with Gasteiger partial charge in [0.1, 0.15) is 0 Å². The number of hydrogen-bond acceptors (Lipinski definition) is 6. The summed E-state index contributed by atoms with van der Waals surface area (Å²) in [7, 11) is -4.08. The quantitative estimate of drug-likeness (QED) is 0.499. The molecule has 1 saturated heterocycles. The van der Waals surface area contributed by atoms with Crippen LogP contribution in [-0.2, 0) is 14.3 Å². The fourth-order valence-corrected chi connectivity index (χ4v) is 3.05. The first kappa shape index (κ1) is 15.2. The number of amides is 1. The third-order valence-corrected chi connectivity index (χ3v) is 4.39. The van der Waals surface area contributed by atoms with Gasteiger partial charge in [0.05, 0.1) is 22.5 Å². The zero-order valence-corrected chi connectivity index (χ0v) is 11.5. The van der Waals surface area contributed by atoms with Crippen molar-refractivity contribution in [3.05, 3.63) is 34.4 Å². The predicted molar refractivity (Wildman–Crippen MR) is 69.4 cm³/mol. The topological polar surface area (TPSA) is 127 Å². The number of likely N-dealkylation sites (tertiary alicyclic amines) is 1. The van der Waals surface area contributed by atoms with Gasteiger partial charge in [-0.05, 0) is 18.6 Å². The van der Waals surface area contributed by atoms with Crippen molar-refractivity contribution < 1.29 is 27.4 Å². The average molecular weight is 316 g/mol. The van der Waals surface area contributed by atoms with Gasteiger partial charge in [-0.15, -0.1) is 0 Å². The molecule has 0 aliphatic carbocycles. The van der Waals surface area contributed by atoms with Crippen LogP contribution in [-0.4, -0.2) is 48.6 Å². The Morgan fingerprint density at radius 1 is 1.38 bits per heavy atom. The molecule has 2 rings (SSSR count). The second-order valence-electron chi connectivity index (χ2n) is 4.44. The first-order chi connectivity index (χ1) is 9.79. The van der Waals surface area contributed by atoms with Gasteiger partial charge >= 0.3 is 6.09 Å². The molecule has 1 N–H and O–H groups in total. The van der Waals surface area contributed by atoms with Gasteiger partial charge in [0.25, 0.3) is 15.8 Å².